The summed E-state index contributed by atoms with van der Waals surface area (Å²) in [6.45, 7) is 0. The Balaban J connectivity index is 1.71. The van der Waals surface area contributed by atoms with Crippen LogP contribution >= 0.6 is 0 Å². The molecule has 4 aromatic carbocycles. The number of benzene rings is 4. The predicted molar refractivity (Wildman–Crippen MR) is 112 cm³/mol. The SMILES string of the molecule is COc1cc2cc3ccc4c5cc6oc(OC)cc6cc5ccc4c3cc2o1. The van der Waals surface area contributed by atoms with E-state index in [1.165, 1.54) is 21.5 Å². The fraction of sp³-hybridized carbons (Fsp3) is 0.0833. The summed E-state index contributed by atoms with van der Waals surface area (Å²) in [5.41, 5.74) is 1.64. The van der Waals surface area contributed by atoms with Gasteiger partial charge in [0.05, 0.1) is 14.2 Å². The maximum Gasteiger partial charge on any atom is 0.285 e. The number of rotatable bonds is 2. The zero-order valence-corrected chi connectivity index (χ0v) is 15.4. The Hall–Kier alpha value is -3.66. The lowest BCUT2D eigenvalue weighted by atomic mass is 9.96. The molecule has 6 aromatic rings. The van der Waals surface area contributed by atoms with Crippen LogP contribution in [0.15, 0.2) is 69.5 Å². The molecule has 4 heteroatoms. The predicted octanol–water partition coefficient (Wildman–Crippen LogP) is 6.66. The molecular weight excluding hydrogens is 352 g/mol. The summed E-state index contributed by atoms with van der Waals surface area (Å²) in [4.78, 5) is 0. The second-order valence-electron chi connectivity index (χ2n) is 6.99. The van der Waals surface area contributed by atoms with E-state index < -0.39 is 0 Å². The minimum absolute atomic E-state index is 0.522. The molecule has 136 valence electrons. The van der Waals surface area contributed by atoms with E-state index in [1.54, 1.807) is 14.2 Å². The molecule has 0 aliphatic heterocycles. The third kappa shape index (κ3) is 2.06. The third-order valence-corrected chi connectivity index (χ3v) is 5.46. The molecule has 0 saturated carbocycles. The van der Waals surface area contributed by atoms with Crippen LogP contribution < -0.4 is 9.47 Å². The van der Waals surface area contributed by atoms with E-state index in [2.05, 4.69) is 48.5 Å². The van der Waals surface area contributed by atoms with E-state index in [-0.39, 0.29) is 0 Å². The molecule has 0 amide bonds. The van der Waals surface area contributed by atoms with Crippen LogP contribution in [-0.4, -0.2) is 14.2 Å². The van der Waals surface area contributed by atoms with Gasteiger partial charge in [-0.2, -0.15) is 0 Å². The van der Waals surface area contributed by atoms with Gasteiger partial charge in [-0.1, -0.05) is 24.3 Å². The first-order chi connectivity index (χ1) is 13.7. The number of methoxy groups -OCH3 is 2. The Kier molecular flexibility index (Phi) is 2.98. The minimum atomic E-state index is 0.522. The van der Waals surface area contributed by atoms with Gasteiger partial charge in [0.1, 0.15) is 11.2 Å². The fourth-order valence-electron chi connectivity index (χ4n) is 4.10. The molecule has 4 nitrogen and oxygen atoms in total. The summed E-state index contributed by atoms with van der Waals surface area (Å²) in [5, 5.41) is 9.08. The second-order valence-corrected chi connectivity index (χ2v) is 6.99. The monoisotopic (exact) mass is 368 g/mol. The summed E-state index contributed by atoms with van der Waals surface area (Å²) >= 11 is 0. The fourth-order valence-corrected chi connectivity index (χ4v) is 4.10. The van der Waals surface area contributed by atoms with Gasteiger partial charge in [0.25, 0.3) is 11.9 Å². The Labute approximate surface area is 159 Å². The van der Waals surface area contributed by atoms with Crippen LogP contribution in [0.1, 0.15) is 0 Å². The average molecular weight is 368 g/mol. The lowest BCUT2D eigenvalue weighted by molar-refractivity contribution is 0.315. The molecular formula is C24H16O4. The molecule has 0 aliphatic rings. The molecule has 0 fully saturated rings. The topological polar surface area (TPSA) is 44.7 Å². The van der Waals surface area contributed by atoms with Crippen LogP contribution in [-0.2, 0) is 0 Å². The van der Waals surface area contributed by atoms with Crippen molar-refractivity contribution in [3.63, 3.8) is 0 Å². The molecule has 2 heterocycles. The normalized spacial score (nSPS) is 11.9. The molecule has 28 heavy (non-hydrogen) atoms. The highest BCUT2D eigenvalue weighted by atomic mass is 16.6. The summed E-state index contributed by atoms with van der Waals surface area (Å²) in [7, 11) is 3.23. The first-order valence-electron chi connectivity index (χ1n) is 9.08. The molecule has 6 rings (SSSR count). The van der Waals surface area contributed by atoms with Crippen LogP contribution in [0.4, 0.5) is 0 Å². The molecule has 0 aliphatic carbocycles. The third-order valence-electron chi connectivity index (χ3n) is 5.46. The Morgan fingerprint density at radius 1 is 0.500 bits per heavy atom. The molecule has 0 N–H and O–H groups in total. The van der Waals surface area contributed by atoms with Crippen LogP contribution in [0.2, 0.25) is 0 Å². The van der Waals surface area contributed by atoms with Crippen LogP contribution in [0.25, 0.3) is 54.3 Å². The maximum atomic E-state index is 5.78. The van der Waals surface area contributed by atoms with Crippen molar-refractivity contribution in [3.05, 3.63) is 60.7 Å². The zero-order chi connectivity index (χ0) is 18.8. The van der Waals surface area contributed by atoms with Crippen LogP contribution in [0, 0.1) is 0 Å². The van der Waals surface area contributed by atoms with Crippen LogP contribution in [0.5, 0.6) is 11.9 Å². The summed E-state index contributed by atoms with van der Waals surface area (Å²) in [6.07, 6.45) is 0. The highest BCUT2D eigenvalue weighted by Gasteiger charge is 2.11. The second kappa shape index (κ2) is 5.42. The molecule has 2 aromatic heterocycles. The van der Waals surface area contributed by atoms with Gasteiger partial charge in [0.2, 0.25) is 0 Å². The molecule has 0 radical (unpaired) electrons. The van der Waals surface area contributed by atoms with Gasteiger partial charge in [-0.3, -0.25) is 0 Å². The van der Waals surface area contributed by atoms with Crippen molar-refractivity contribution in [2.75, 3.05) is 14.2 Å². The quantitative estimate of drug-likeness (QED) is 0.321. The molecule has 0 atom stereocenters. The van der Waals surface area contributed by atoms with Gasteiger partial charge in [-0.05, 0) is 56.6 Å². The highest BCUT2D eigenvalue weighted by Crippen LogP contribution is 2.37. The van der Waals surface area contributed by atoms with Crippen molar-refractivity contribution in [2.45, 2.75) is 0 Å². The lowest BCUT2D eigenvalue weighted by Gasteiger charge is -2.08. The number of furan rings is 2. The van der Waals surface area contributed by atoms with Gasteiger partial charge in [0.15, 0.2) is 0 Å². The van der Waals surface area contributed by atoms with Crippen molar-refractivity contribution < 1.29 is 18.3 Å². The smallest absolute Gasteiger partial charge is 0.285 e. The van der Waals surface area contributed by atoms with Crippen molar-refractivity contribution in [1.29, 1.82) is 0 Å². The first-order valence-corrected chi connectivity index (χ1v) is 9.08. The first kappa shape index (κ1) is 15.4. The molecule has 0 saturated heterocycles. The highest BCUT2D eigenvalue weighted by molar-refractivity contribution is 6.20. The van der Waals surface area contributed by atoms with Gasteiger partial charge in [0, 0.05) is 22.9 Å². The summed E-state index contributed by atoms with van der Waals surface area (Å²) in [5.74, 6) is 1.04. The average Bonchev–Trinajstić information content (AvgIpc) is 3.32. The Morgan fingerprint density at radius 2 is 0.964 bits per heavy atom. The van der Waals surface area contributed by atoms with Crippen molar-refractivity contribution in [1.82, 2.24) is 0 Å². The van der Waals surface area contributed by atoms with Crippen molar-refractivity contribution in [2.24, 2.45) is 0 Å². The number of hydrogen-bond donors (Lipinski definition) is 0. The molecule has 0 bridgehead atoms. The molecule has 0 spiro atoms. The van der Waals surface area contributed by atoms with Gasteiger partial charge in [-0.25, -0.2) is 0 Å². The van der Waals surface area contributed by atoms with E-state index in [0.717, 1.165) is 32.7 Å². The minimum Gasteiger partial charge on any atom is -0.468 e. The van der Waals surface area contributed by atoms with Crippen molar-refractivity contribution in [3.8, 4) is 11.9 Å². The van der Waals surface area contributed by atoms with Crippen molar-refractivity contribution >= 4 is 54.3 Å². The zero-order valence-electron chi connectivity index (χ0n) is 15.4. The van der Waals surface area contributed by atoms with E-state index in [4.69, 9.17) is 18.3 Å². The number of fused-ring (bicyclic) bond motifs is 7. The van der Waals surface area contributed by atoms with E-state index in [1.807, 2.05) is 12.1 Å². The van der Waals surface area contributed by atoms with E-state index in [0.29, 0.717) is 11.9 Å². The standard InChI is InChI=1S/C24H16O4/c1-25-23-9-15-7-13-3-5-18-17(19(13)11-21(15)27-23)6-4-14-8-16-10-24(26-2)28-22(16)12-20(14)18/h3-12H,1-2H3. The molecule has 0 unspecified atom stereocenters. The van der Waals surface area contributed by atoms with Crippen LogP contribution in [0.3, 0.4) is 0 Å². The number of ether oxygens (including phenoxy) is 2. The lowest BCUT2D eigenvalue weighted by Crippen LogP contribution is -1.81. The maximum absolute atomic E-state index is 5.78. The Morgan fingerprint density at radius 3 is 1.39 bits per heavy atom. The Bertz CT molecular complexity index is 1420. The van der Waals surface area contributed by atoms with Gasteiger partial charge in [-0.15, -0.1) is 0 Å². The van der Waals surface area contributed by atoms with E-state index >= 15 is 0 Å². The summed E-state index contributed by atoms with van der Waals surface area (Å²) < 4.78 is 22.0. The van der Waals surface area contributed by atoms with Gasteiger partial charge >= 0.3 is 0 Å². The van der Waals surface area contributed by atoms with Gasteiger partial charge < -0.3 is 18.3 Å². The summed E-state index contributed by atoms with van der Waals surface area (Å²) in [6, 6.07) is 21.0. The largest absolute Gasteiger partial charge is 0.468 e. The van der Waals surface area contributed by atoms with E-state index in [9.17, 15) is 0 Å². The number of hydrogen-bond acceptors (Lipinski definition) is 4.